The first-order chi connectivity index (χ1) is 15.2. The van der Waals surface area contributed by atoms with Gasteiger partial charge < -0.3 is 15.8 Å². The van der Waals surface area contributed by atoms with Crippen molar-refractivity contribution in [2.75, 3.05) is 12.4 Å². The number of methoxy groups -OCH3 is 1. The van der Waals surface area contributed by atoms with Gasteiger partial charge >= 0.3 is 6.18 Å². The number of carbonyl (C=O) groups is 1. The molecule has 7 nitrogen and oxygen atoms in total. The lowest BCUT2D eigenvalue weighted by molar-refractivity contribution is -0.140. The monoisotopic (exact) mass is 447 g/mol. The number of rotatable bonds is 6. The summed E-state index contributed by atoms with van der Waals surface area (Å²) in [6, 6.07) is 5.90. The first-order valence-electron chi connectivity index (χ1n) is 9.11. The summed E-state index contributed by atoms with van der Waals surface area (Å²) in [6.07, 6.45) is 0.377. The molecule has 0 aliphatic carbocycles. The average molecular weight is 447 g/mol. The van der Waals surface area contributed by atoms with Gasteiger partial charge in [0.05, 0.1) is 30.1 Å². The number of nitrogens with zero attached hydrogens (tertiary/aromatic N) is 3. The van der Waals surface area contributed by atoms with Gasteiger partial charge in [-0.15, -0.1) is 0 Å². The van der Waals surface area contributed by atoms with Crippen LogP contribution in [0.25, 0.3) is 5.57 Å². The van der Waals surface area contributed by atoms with Crippen LogP contribution >= 0.6 is 0 Å². The standard InChI is InChI=1S/C21H17F4N5O2/c1-32-18-5-3-14(11-27-18)30-20(31)15(8-26)19-28-9-13(10-29-19)6-12-2-4-17(22)16(7-12)21(23,24)25/h2-5,7-11H,6,26H2,1H3,(H,30,31). The summed E-state index contributed by atoms with van der Waals surface area (Å²) < 4.78 is 57.1. The maximum atomic E-state index is 13.4. The molecule has 1 amide bonds. The number of alkyl halides is 3. The van der Waals surface area contributed by atoms with E-state index in [0.29, 0.717) is 17.1 Å². The van der Waals surface area contributed by atoms with Gasteiger partial charge in [0.15, 0.2) is 5.82 Å². The van der Waals surface area contributed by atoms with Gasteiger partial charge in [-0.05, 0) is 29.3 Å². The number of anilines is 1. The van der Waals surface area contributed by atoms with Crippen LogP contribution in [0.1, 0.15) is 22.5 Å². The number of benzene rings is 1. The third-order valence-electron chi connectivity index (χ3n) is 4.31. The summed E-state index contributed by atoms with van der Waals surface area (Å²) in [5.74, 6) is -1.53. The summed E-state index contributed by atoms with van der Waals surface area (Å²) in [4.78, 5) is 24.6. The number of nitrogens with two attached hydrogens (primary N) is 1. The van der Waals surface area contributed by atoms with E-state index in [1.54, 1.807) is 12.1 Å². The van der Waals surface area contributed by atoms with E-state index < -0.39 is 23.5 Å². The third kappa shape index (κ3) is 5.36. The number of ether oxygens (including phenoxy) is 1. The fourth-order valence-electron chi connectivity index (χ4n) is 2.75. The van der Waals surface area contributed by atoms with Crippen molar-refractivity contribution in [3.05, 3.63) is 83.5 Å². The Labute approximate surface area is 180 Å². The van der Waals surface area contributed by atoms with Gasteiger partial charge in [-0.25, -0.2) is 19.3 Å². The Morgan fingerprint density at radius 1 is 1.09 bits per heavy atom. The number of amides is 1. The zero-order chi connectivity index (χ0) is 23.3. The maximum Gasteiger partial charge on any atom is 0.419 e. The van der Waals surface area contributed by atoms with Gasteiger partial charge in [0.25, 0.3) is 5.91 Å². The molecule has 0 saturated heterocycles. The maximum absolute atomic E-state index is 13.4. The van der Waals surface area contributed by atoms with Crippen molar-refractivity contribution < 1.29 is 27.1 Å². The third-order valence-corrected chi connectivity index (χ3v) is 4.31. The summed E-state index contributed by atoms with van der Waals surface area (Å²) in [5.41, 5.74) is 5.28. The van der Waals surface area contributed by atoms with Crippen LogP contribution < -0.4 is 15.8 Å². The fraction of sp³-hybridized carbons (Fsp3) is 0.143. The van der Waals surface area contributed by atoms with Crippen molar-refractivity contribution in [3.8, 4) is 5.88 Å². The molecule has 3 aromatic rings. The van der Waals surface area contributed by atoms with Crippen LogP contribution in [0.5, 0.6) is 5.88 Å². The van der Waals surface area contributed by atoms with Crippen LogP contribution in [-0.2, 0) is 17.4 Å². The largest absolute Gasteiger partial charge is 0.481 e. The molecule has 3 N–H and O–H groups in total. The van der Waals surface area contributed by atoms with E-state index in [2.05, 4.69) is 20.3 Å². The van der Waals surface area contributed by atoms with Crippen molar-refractivity contribution >= 4 is 17.2 Å². The summed E-state index contributed by atoms with van der Waals surface area (Å²) in [7, 11) is 1.46. The second-order valence-corrected chi connectivity index (χ2v) is 6.53. The molecule has 0 bridgehead atoms. The molecular formula is C21H17F4N5O2. The van der Waals surface area contributed by atoms with Crippen LogP contribution in [0.2, 0.25) is 0 Å². The van der Waals surface area contributed by atoms with E-state index >= 15 is 0 Å². The Balaban J connectivity index is 1.73. The van der Waals surface area contributed by atoms with Crippen molar-refractivity contribution in [2.24, 2.45) is 5.73 Å². The molecule has 0 saturated carbocycles. The quantitative estimate of drug-likeness (QED) is 0.443. The van der Waals surface area contributed by atoms with Gasteiger partial charge in [-0.2, -0.15) is 13.2 Å². The summed E-state index contributed by atoms with van der Waals surface area (Å²) in [5, 5.41) is 2.60. The molecule has 2 heterocycles. The van der Waals surface area contributed by atoms with Gasteiger partial charge in [0.2, 0.25) is 5.88 Å². The highest BCUT2D eigenvalue weighted by atomic mass is 19.4. The molecule has 0 radical (unpaired) electrons. The lowest BCUT2D eigenvalue weighted by Crippen LogP contribution is -2.16. The van der Waals surface area contributed by atoms with Crippen molar-refractivity contribution in [2.45, 2.75) is 12.6 Å². The van der Waals surface area contributed by atoms with E-state index in [4.69, 9.17) is 10.5 Å². The van der Waals surface area contributed by atoms with Gasteiger partial charge in [0, 0.05) is 31.1 Å². The fourth-order valence-corrected chi connectivity index (χ4v) is 2.75. The molecule has 166 valence electrons. The zero-order valence-corrected chi connectivity index (χ0v) is 16.7. The van der Waals surface area contributed by atoms with Crippen molar-refractivity contribution in [3.63, 3.8) is 0 Å². The number of pyridine rings is 1. The van der Waals surface area contributed by atoms with E-state index in [-0.39, 0.29) is 23.4 Å². The van der Waals surface area contributed by atoms with Gasteiger partial charge in [-0.1, -0.05) is 6.07 Å². The second-order valence-electron chi connectivity index (χ2n) is 6.53. The van der Waals surface area contributed by atoms with Gasteiger partial charge in [0.1, 0.15) is 5.82 Å². The number of nitrogens with one attached hydrogen (secondary N) is 1. The van der Waals surface area contributed by atoms with Gasteiger partial charge in [-0.3, -0.25) is 4.79 Å². The molecule has 0 unspecified atom stereocenters. The van der Waals surface area contributed by atoms with E-state index in [1.165, 1.54) is 31.8 Å². The molecule has 11 heteroatoms. The number of hydrogen-bond acceptors (Lipinski definition) is 6. The highest BCUT2D eigenvalue weighted by Gasteiger charge is 2.34. The highest BCUT2D eigenvalue weighted by molar-refractivity contribution is 6.24. The first kappa shape index (κ1) is 22.7. The molecule has 2 aromatic heterocycles. The predicted octanol–water partition coefficient (Wildman–Crippen LogP) is 3.57. The van der Waals surface area contributed by atoms with E-state index in [9.17, 15) is 22.4 Å². The SMILES string of the molecule is COc1ccc(NC(=O)C(=CN)c2ncc(Cc3ccc(F)c(C(F)(F)F)c3)cn2)cn1. The number of carbonyl (C=O) groups excluding carboxylic acids is 1. The minimum atomic E-state index is -4.80. The first-order valence-corrected chi connectivity index (χ1v) is 9.11. The Hall–Kier alpha value is -4.02. The number of hydrogen-bond donors (Lipinski definition) is 2. The van der Waals surface area contributed by atoms with Crippen LogP contribution in [0.15, 0.2) is 55.1 Å². The molecule has 0 aliphatic rings. The molecule has 0 aliphatic heterocycles. The lowest BCUT2D eigenvalue weighted by Gasteiger charge is -2.10. The summed E-state index contributed by atoms with van der Waals surface area (Å²) >= 11 is 0. The van der Waals surface area contributed by atoms with Crippen LogP contribution in [0.3, 0.4) is 0 Å². The van der Waals surface area contributed by atoms with Crippen LogP contribution in [0.4, 0.5) is 23.2 Å². The zero-order valence-electron chi connectivity index (χ0n) is 16.7. The smallest absolute Gasteiger partial charge is 0.419 e. The average Bonchev–Trinajstić information content (AvgIpc) is 2.76. The molecule has 1 aromatic carbocycles. The van der Waals surface area contributed by atoms with E-state index in [0.717, 1.165) is 18.3 Å². The molecular weight excluding hydrogens is 430 g/mol. The molecule has 0 spiro atoms. The molecule has 3 rings (SSSR count). The molecule has 0 fully saturated rings. The van der Waals surface area contributed by atoms with Crippen LogP contribution in [0, 0.1) is 5.82 Å². The predicted molar refractivity (Wildman–Crippen MR) is 108 cm³/mol. The Morgan fingerprint density at radius 3 is 2.38 bits per heavy atom. The van der Waals surface area contributed by atoms with Crippen molar-refractivity contribution in [1.82, 2.24) is 15.0 Å². The topological polar surface area (TPSA) is 103 Å². The van der Waals surface area contributed by atoms with E-state index in [1.807, 2.05) is 0 Å². The minimum absolute atomic E-state index is 0.0188. The van der Waals surface area contributed by atoms with Crippen molar-refractivity contribution in [1.29, 1.82) is 0 Å². The Kier molecular flexibility index (Phi) is 6.67. The molecule has 0 atom stereocenters. The Morgan fingerprint density at radius 2 is 1.81 bits per heavy atom. The highest BCUT2D eigenvalue weighted by Crippen LogP contribution is 2.32. The normalized spacial score (nSPS) is 11.8. The Bertz CT molecular complexity index is 1130. The molecule has 32 heavy (non-hydrogen) atoms. The number of aromatic nitrogens is 3. The summed E-state index contributed by atoms with van der Waals surface area (Å²) in [6.45, 7) is 0. The van der Waals surface area contributed by atoms with Crippen LogP contribution in [-0.4, -0.2) is 28.0 Å². The lowest BCUT2D eigenvalue weighted by atomic mass is 10.0. The second kappa shape index (κ2) is 9.41. The minimum Gasteiger partial charge on any atom is -0.481 e. The number of halogens is 4.